The highest BCUT2D eigenvalue weighted by atomic mass is 35.5. The molecule has 0 aliphatic heterocycles. The molecule has 0 unspecified atom stereocenters. The van der Waals surface area contributed by atoms with Crippen molar-refractivity contribution in [3.63, 3.8) is 0 Å². The predicted molar refractivity (Wildman–Crippen MR) is 105 cm³/mol. The minimum absolute atomic E-state index is 0.145. The lowest BCUT2D eigenvalue weighted by Gasteiger charge is -2.09. The summed E-state index contributed by atoms with van der Waals surface area (Å²) < 4.78 is 32.3. The minimum atomic E-state index is -3.70. The van der Waals surface area contributed by atoms with E-state index in [9.17, 15) is 13.2 Å². The summed E-state index contributed by atoms with van der Waals surface area (Å²) in [6.45, 7) is 0. The molecule has 3 rings (SSSR count). The molecule has 27 heavy (non-hydrogen) atoms. The molecule has 0 saturated heterocycles. The molecule has 1 N–H and O–H groups in total. The largest absolute Gasteiger partial charge is 0.423 e. The van der Waals surface area contributed by atoms with Crippen molar-refractivity contribution in [2.45, 2.75) is 4.90 Å². The highest BCUT2D eigenvalue weighted by Crippen LogP contribution is 2.25. The molecule has 0 saturated carbocycles. The van der Waals surface area contributed by atoms with Crippen molar-refractivity contribution in [2.24, 2.45) is 0 Å². The van der Waals surface area contributed by atoms with Crippen LogP contribution in [0.2, 0.25) is 10.0 Å². The van der Waals surface area contributed by atoms with Crippen LogP contribution in [0, 0.1) is 0 Å². The quantitative estimate of drug-likeness (QED) is 0.463. The zero-order chi connectivity index (χ0) is 19.4. The SMILES string of the molecule is O=C(Oc1cc(Cl)cc(Cl)c1)c1ccc(NS(=O)(=O)c2ccccc2)cc1. The van der Waals surface area contributed by atoms with Gasteiger partial charge in [-0.3, -0.25) is 4.72 Å². The molecule has 0 aliphatic rings. The number of nitrogens with one attached hydrogen (secondary N) is 1. The van der Waals surface area contributed by atoms with Crippen molar-refractivity contribution in [2.75, 3.05) is 4.72 Å². The Labute approximate surface area is 166 Å². The normalized spacial score (nSPS) is 11.0. The van der Waals surface area contributed by atoms with Crippen LogP contribution in [0.25, 0.3) is 0 Å². The van der Waals surface area contributed by atoms with Crippen LogP contribution in [-0.4, -0.2) is 14.4 Å². The third kappa shape index (κ3) is 5.01. The molecule has 0 atom stereocenters. The molecule has 0 aliphatic carbocycles. The summed E-state index contributed by atoms with van der Waals surface area (Å²) in [4.78, 5) is 12.4. The maximum Gasteiger partial charge on any atom is 0.343 e. The van der Waals surface area contributed by atoms with Crippen molar-refractivity contribution in [1.82, 2.24) is 0 Å². The van der Waals surface area contributed by atoms with Gasteiger partial charge in [0, 0.05) is 15.7 Å². The second-order valence-electron chi connectivity index (χ2n) is 5.49. The Balaban J connectivity index is 1.72. The Hall–Kier alpha value is -2.54. The fourth-order valence-electron chi connectivity index (χ4n) is 2.24. The van der Waals surface area contributed by atoms with Gasteiger partial charge >= 0.3 is 5.97 Å². The van der Waals surface area contributed by atoms with Gasteiger partial charge in [-0.1, -0.05) is 41.4 Å². The summed E-state index contributed by atoms with van der Waals surface area (Å²) >= 11 is 11.7. The smallest absolute Gasteiger partial charge is 0.343 e. The number of sulfonamides is 1. The number of carbonyl (C=O) groups is 1. The third-order valence-corrected chi connectivity index (χ3v) is 5.31. The molecular formula is C19H13Cl2NO4S. The first-order valence-corrected chi connectivity index (χ1v) is 9.94. The molecule has 0 radical (unpaired) electrons. The van der Waals surface area contributed by atoms with Crippen molar-refractivity contribution in [3.05, 3.63) is 88.4 Å². The maximum atomic E-state index is 12.3. The van der Waals surface area contributed by atoms with E-state index in [-0.39, 0.29) is 16.2 Å². The standard InChI is InChI=1S/C19H13Cl2NO4S/c20-14-10-15(21)12-17(11-14)26-19(23)13-6-8-16(9-7-13)22-27(24,25)18-4-2-1-3-5-18/h1-12,22H. The molecule has 8 heteroatoms. The van der Waals surface area contributed by atoms with Gasteiger partial charge < -0.3 is 4.74 Å². The number of benzene rings is 3. The number of hydrogen-bond acceptors (Lipinski definition) is 4. The maximum absolute atomic E-state index is 12.3. The molecule has 0 amide bonds. The van der Waals surface area contributed by atoms with Gasteiger partial charge in [0.25, 0.3) is 10.0 Å². The molecule has 5 nitrogen and oxygen atoms in total. The number of hydrogen-bond donors (Lipinski definition) is 1. The number of halogens is 2. The summed E-state index contributed by atoms with van der Waals surface area (Å²) in [6, 6.07) is 18.3. The van der Waals surface area contributed by atoms with Crippen molar-refractivity contribution < 1.29 is 17.9 Å². The highest BCUT2D eigenvalue weighted by molar-refractivity contribution is 7.92. The van der Waals surface area contributed by atoms with Crippen molar-refractivity contribution >= 4 is 44.9 Å². The van der Waals surface area contributed by atoms with Gasteiger partial charge in [-0.15, -0.1) is 0 Å². The van der Waals surface area contributed by atoms with Gasteiger partial charge in [0.1, 0.15) is 5.75 Å². The summed E-state index contributed by atoms with van der Waals surface area (Å²) in [5.74, 6) is -0.405. The first-order valence-electron chi connectivity index (χ1n) is 7.70. The molecule has 0 fully saturated rings. The Bertz CT molecular complexity index is 1050. The van der Waals surface area contributed by atoms with Gasteiger partial charge in [0.15, 0.2) is 0 Å². The minimum Gasteiger partial charge on any atom is -0.423 e. The lowest BCUT2D eigenvalue weighted by atomic mass is 10.2. The zero-order valence-electron chi connectivity index (χ0n) is 13.7. The number of esters is 1. The molecule has 3 aromatic carbocycles. The fraction of sp³-hybridized carbons (Fsp3) is 0. The Morgan fingerprint density at radius 3 is 2.04 bits per heavy atom. The first-order chi connectivity index (χ1) is 12.8. The van der Waals surface area contributed by atoms with E-state index in [1.54, 1.807) is 18.2 Å². The lowest BCUT2D eigenvalue weighted by Crippen LogP contribution is -2.13. The first kappa shape index (κ1) is 19.2. The second kappa shape index (κ2) is 8.00. The molecule has 0 heterocycles. The topological polar surface area (TPSA) is 72.5 Å². The highest BCUT2D eigenvalue weighted by Gasteiger charge is 2.14. The van der Waals surface area contributed by atoms with Gasteiger partial charge in [0.05, 0.1) is 10.5 Å². The Kier molecular flexibility index (Phi) is 5.70. The zero-order valence-corrected chi connectivity index (χ0v) is 16.1. The molecule has 0 aromatic heterocycles. The second-order valence-corrected chi connectivity index (χ2v) is 8.05. The van der Waals surface area contributed by atoms with Crippen LogP contribution in [0.5, 0.6) is 5.75 Å². The van der Waals surface area contributed by atoms with Gasteiger partial charge in [-0.05, 0) is 54.6 Å². The van der Waals surface area contributed by atoms with Crippen molar-refractivity contribution in [3.8, 4) is 5.75 Å². The van der Waals surface area contributed by atoms with E-state index in [1.807, 2.05) is 0 Å². The summed E-state index contributed by atoms with van der Waals surface area (Å²) in [6.07, 6.45) is 0. The average molecular weight is 422 g/mol. The monoisotopic (exact) mass is 421 g/mol. The van der Waals surface area contributed by atoms with E-state index in [2.05, 4.69) is 4.72 Å². The van der Waals surface area contributed by atoms with Crippen LogP contribution in [0.1, 0.15) is 10.4 Å². The number of carbonyl (C=O) groups excluding carboxylic acids is 1. The Morgan fingerprint density at radius 1 is 0.852 bits per heavy atom. The lowest BCUT2D eigenvalue weighted by molar-refractivity contribution is 0.0735. The summed E-state index contributed by atoms with van der Waals surface area (Å²) in [5.41, 5.74) is 0.565. The van der Waals surface area contributed by atoms with Crippen LogP contribution in [0.3, 0.4) is 0 Å². The number of ether oxygens (including phenoxy) is 1. The molecule has 0 spiro atoms. The van der Waals surface area contributed by atoms with Crippen LogP contribution in [0.15, 0.2) is 77.7 Å². The van der Waals surface area contributed by atoms with E-state index in [0.29, 0.717) is 15.7 Å². The average Bonchev–Trinajstić information content (AvgIpc) is 2.62. The molecular weight excluding hydrogens is 409 g/mol. The summed E-state index contributed by atoms with van der Waals surface area (Å²) in [5, 5.41) is 0.687. The van der Waals surface area contributed by atoms with E-state index in [1.165, 1.54) is 54.6 Å². The molecule has 3 aromatic rings. The Morgan fingerprint density at radius 2 is 1.44 bits per heavy atom. The van der Waals surface area contributed by atoms with Gasteiger partial charge in [0.2, 0.25) is 0 Å². The number of anilines is 1. The fourth-order valence-corrected chi connectivity index (χ4v) is 3.83. The van der Waals surface area contributed by atoms with Gasteiger partial charge in [-0.25, -0.2) is 13.2 Å². The number of rotatable bonds is 5. The molecule has 138 valence electrons. The van der Waals surface area contributed by atoms with Gasteiger partial charge in [-0.2, -0.15) is 0 Å². The van der Waals surface area contributed by atoms with E-state index >= 15 is 0 Å². The van der Waals surface area contributed by atoms with Crippen LogP contribution >= 0.6 is 23.2 Å². The van der Waals surface area contributed by atoms with Crippen LogP contribution < -0.4 is 9.46 Å². The third-order valence-electron chi connectivity index (χ3n) is 3.47. The van der Waals surface area contributed by atoms with E-state index in [0.717, 1.165) is 0 Å². The van der Waals surface area contributed by atoms with E-state index < -0.39 is 16.0 Å². The van der Waals surface area contributed by atoms with E-state index in [4.69, 9.17) is 27.9 Å². The van der Waals surface area contributed by atoms with Crippen LogP contribution in [0.4, 0.5) is 5.69 Å². The predicted octanol–water partition coefficient (Wildman–Crippen LogP) is 5.01. The summed E-state index contributed by atoms with van der Waals surface area (Å²) in [7, 11) is -3.70. The van der Waals surface area contributed by atoms with Crippen LogP contribution in [-0.2, 0) is 10.0 Å². The van der Waals surface area contributed by atoms with Crippen molar-refractivity contribution in [1.29, 1.82) is 0 Å². The molecule has 0 bridgehead atoms.